The van der Waals surface area contributed by atoms with Crippen LogP contribution in [-0.4, -0.2) is 20.4 Å². The van der Waals surface area contributed by atoms with Crippen LogP contribution in [0, 0.1) is 13.8 Å². The second kappa shape index (κ2) is 6.11. The Labute approximate surface area is 132 Å². The van der Waals surface area contributed by atoms with Gasteiger partial charge < -0.3 is 9.88 Å². The van der Waals surface area contributed by atoms with Gasteiger partial charge in [-0.25, -0.2) is 9.97 Å². The first kappa shape index (κ1) is 14.5. The van der Waals surface area contributed by atoms with E-state index in [2.05, 4.69) is 15.3 Å². The number of aryl methyl sites for hydroxylation is 2. The first-order valence-electron chi connectivity index (χ1n) is 6.93. The lowest BCUT2D eigenvalue weighted by Gasteiger charge is -2.05. The number of aromatic nitrogens is 3. The van der Waals surface area contributed by atoms with Crippen molar-refractivity contribution in [3.05, 3.63) is 64.1 Å². The fraction of sp³-hybridized carbons (Fsp3) is 0.188. The van der Waals surface area contributed by atoms with Gasteiger partial charge in [-0.2, -0.15) is 0 Å². The minimum atomic E-state index is -0.0947. The fourth-order valence-corrected chi connectivity index (χ4v) is 2.94. The normalized spacial score (nSPS) is 10.6. The molecule has 6 heteroatoms. The third-order valence-electron chi connectivity index (χ3n) is 3.41. The number of carbonyl (C=O) groups excluding carboxylic acids is 1. The number of nitrogens with one attached hydrogen (secondary N) is 1. The van der Waals surface area contributed by atoms with Crippen molar-refractivity contribution in [2.24, 2.45) is 0 Å². The number of amides is 1. The summed E-state index contributed by atoms with van der Waals surface area (Å²) < 4.78 is 1.89. The van der Waals surface area contributed by atoms with E-state index < -0.39 is 0 Å². The lowest BCUT2D eigenvalue weighted by molar-refractivity contribution is 0.0951. The van der Waals surface area contributed by atoms with Crippen molar-refractivity contribution in [3.63, 3.8) is 0 Å². The number of hydrogen-bond donors (Lipinski definition) is 1. The Bertz CT molecular complexity index is 756. The third-order valence-corrected chi connectivity index (χ3v) is 4.48. The third kappa shape index (κ3) is 3.07. The second-order valence-electron chi connectivity index (χ2n) is 4.95. The summed E-state index contributed by atoms with van der Waals surface area (Å²) in [5.74, 6) is -0.0947. The van der Waals surface area contributed by atoms with Gasteiger partial charge in [-0.3, -0.25) is 4.79 Å². The summed E-state index contributed by atoms with van der Waals surface area (Å²) in [7, 11) is 0. The molecule has 0 saturated carbocycles. The Kier molecular flexibility index (Phi) is 4.02. The van der Waals surface area contributed by atoms with E-state index in [1.54, 1.807) is 23.9 Å². The summed E-state index contributed by atoms with van der Waals surface area (Å²) in [4.78, 5) is 21.8. The van der Waals surface area contributed by atoms with Crippen LogP contribution in [0.1, 0.15) is 25.9 Å². The van der Waals surface area contributed by atoms with E-state index in [-0.39, 0.29) is 5.91 Å². The predicted octanol–water partition coefficient (Wildman–Crippen LogP) is 2.88. The van der Waals surface area contributed by atoms with Gasteiger partial charge in [0.2, 0.25) is 0 Å². The van der Waals surface area contributed by atoms with Gasteiger partial charge in [0.05, 0.1) is 18.6 Å². The lowest BCUT2D eigenvalue weighted by atomic mass is 10.2. The number of benzene rings is 1. The zero-order valence-corrected chi connectivity index (χ0v) is 13.2. The SMILES string of the molecule is Cc1nc(CNC(=O)c2ccc(-n3ccnc3)cc2)sc1C. The molecule has 1 amide bonds. The Hall–Kier alpha value is -2.47. The van der Waals surface area contributed by atoms with E-state index in [0.29, 0.717) is 12.1 Å². The van der Waals surface area contributed by atoms with Crippen molar-refractivity contribution < 1.29 is 4.79 Å². The fourth-order valence-electron chi connectivity index (χ4n) is 2.07. The van der Waals surface area contributed by atoms with E-state index >= 15 is 0 Å². The summed E-state index contributed by atoms with van der Waals surface area (Å²) in [6.45, 7) is 4.47. The van der Waals surface area contributed by atoms with Gasteiger partial charge >= 0.3 is 0 Å². The Morgan fingerprint density at radius 1 is 1.27 bits per heavy atom. The summed E-state index contributed by atoms with van der Waals surface area (Å²) in [6.07, 6.45) is 5.31. The van der Waals surface area contributed by atoms with Crippen LogP contribution in [0.4, 0.5) is 0 Å². The van der Waals surface area contributed by atoms with Gasteiger partial charge in [-0.15, -0.1) is 11.3 Å². The first-order valence-corrected chi connectivity index (χ1v) is 7.74. The predicted molar refractivity (Wildman–Crippen MR) is 86.3 cm³/mol. The molecule has 0 saturated heterocycles. The molecule has 1 aromatic carbocycles. The van der Waals surface area contributed by atoms with Crippen LogP contribution >= 0.6 is 11.3 Å². The number of rotatable bonds is 4. The average Bonchev–Trinajstić information content (AvgIpc) is 3.16. The van der Waals surface area contributed by atoms with Crippen LogP contribution in [0.25, 0.3) is 5.69 Å². The number of hydrogen-bond acceptors (Lipinski definition) is 4. The molecule has 3 rings (SSSR count). The molecule has 0 aliphatic heterocycles. The standard InChI is InChI=1S/C16H16N4OS/c1-11-12(2)22-15(19-11)9-18-16(21)13-3-5-14(6-4-13)20-8-7-17-10-20/h3-8,10H,9H2,1-2H3,(H,18,21). The van der Waals surface area contributed by atoms with Crippen molar-refractivity contribution >= 4 is 17.2 Å². The molecule has 112 valence electrons. The zero-order chi connectivity index (χ0) is 15.5. The second-order valence-corrected chi connectivity index (χ2v) is 6.24. The summed E-state index contributed by atoms with van der Waals surface area (Å²) in [5.41, 5.74) is 2.63. The molecule has 1 N–H and O–H groups in total. The molecule has 0 aliphatic carbocycles. The molecule has 0 unspecified atom stereocenters. The number of imidazole rings is 1. The number of nitrogens with zero attached hydrogens (tertiary/aromatic N) is 3. The maximum atomic E-state index is 12.2. The quantitative estimate of drug-likeness (QED) is 0.806. The molecule has 2 aromatic heterocycles. The molecule has 0 bridgehead atoms. The Morgan fingerprint density at radius 2 is 2.05 bits per heavy atom. The minimum absolute atomic E-state index is 0.0947. The molecule has 2 heterocycles. The van der Waals surface area contributed by atoms with E-state index in [1.165, 1.54) is 4.88 Å². The molecule has 3 aromatic rings. The monoisotopic (exact) mass is 312 g/mol. The van der Waals surface area contributed by atoms with Gasteiger partial charge in [0.15, 0.2) is 0 Å². The van der Waals surface area contributed by atoms with Crippen LogP contribution in [0.3, 0.4) is 0 Å². The molecule has 0 radical (unpaired) electrons. The topological polar surface area (TPSA) is 59.8 Å². The minimum Gasteiger partial charge on any atom is -0.346 e. The zero-order valence-electron chi connectivity index (χ0n) is 12.4. The summed E-state index contributed by atoms with van der Waals surface area (Å²) in [5, 5.41) is 3.83. The summed E-state index contributed by atoms with van der Waals surface area (Å²) >= 11 is 1.62. The van der Waals surface area contributed by atoms with E-state index in [1.807, 2.05) is 48.9 Å². The van der Waals surface area contributed by atoms with Crippen molar-refractivity contribution in [2.75, 3.05) is 0 Å². The van der Waals surface area contributed by atoms with Gasteiger partial charge in [0.1, 0.15) is 5.01 Å². The first-order chi connectivity index (χ1) is 10.6. The van der Waals surface area contributed by atoms with Gasteiger partial charge in [-0.1, -0.05) is 0 Å². The Balaban J connectivity index is 1.65. The highest BCUT2D eigenvalue weighted by Crippen LogP contribution is 2.16. The molecular weight excluding hydrogens is 296 g/mol. The average molecular weight is 312 g/mol. The highest BCUT2D eigenvalue weighted by Gasteiger charge is 2.08. The van der Waals surface area contributed by atoms with Gasteiger partial charge in [-0.05, 0) is 38.1 Å². The molecule has 5 nitrogen and oxygen atoms in total. The largest absolute Gasteiger partial charge is 0.346 e. The molecular formula is C16H16N4OS. The lowest BCUT2D eigenvalue weighted by Crippen LogP contribution is -2.22. The van der Waals surface area contributed by atoms with Gasteiger partial charge in [0.25, 0.3) is 5.91 Å². The molecule has 0 aliphatic rings. The maximum Gasteiger partial charge on any atom is 0.251 e. The molecule has 22 heavy (non-hydrogen) atoms. The molecule has 0 spiro atoms. The van der Waals surface area contributed by atoms with Crippen LogP contribution in [0.15, 0.2) is 43.0 Å². The maximum absolute atomic E-state index is 12.2. The summed E-state index contributed by atoms with van der Waals surface area (Å²) in [6, 6.07) is 7.41. The smallest absolute Gasteiger partial charge is 0.251 e. The molecule has 0 fully saturated rings. The number of thiazole rings is 1. The van der Waals surface area contributed by atoms with E-state index in [4.69, 9.17) is 0 Å². The highest BCUT2D eigenvalue weighted by molar-refractivity contribution is 7.11. The van der Waals surface area contributed by atoms with Crippen LogP contribution in [0.5, 0.6) is 0 Å². The van der Waals surface area contributed by atoms with Gasteiger partial charge in [0, 0.05) is 28.5 Å². The van der Waals surface area contributed by atoms with E-state index in [0.717, 1.165) is 16.4 Å². The van der Waals surface area contributed by atoms with Crippen molar-refractivity contribution in [3.8, 4) is 5.69 Å². The van der Waals surface area contributed by atoms with Crippen molar-refractivity contribution in [2.45, 2.75) is 20.4 Å². The van der Waals surface area contributed by atoms with Crippen molar-refractivity contribution in [1.82, 2.24) is 19.9 Å². The highest BCUT2D eigenvalue weighted by atomic mass is 32.1. The molecule has 0 atom stereocenters. The van der Waals surface area contributed by atoms with E-state index in [9.17, 15) is 4.79 Å². The number of carbonyl (C=O) groups is 1. The van der Waals surface area contributed by atoms with Crippen LogP contribution in [-0.2, 0) is 6.54 Å². The van der Waals surface area contributed by atoms with Crippen molar-refractivity contribution in [1.29, 1.82) is 0 Å². The van der Waals surface area contributed by atoms with Crippen LogP contribution in [0.2, 0.25) is 0 Å². The van der Waals surface area contributed by atoms with Crippen LogP contribution < -0.4 is 5.32 Å². The Morgan fingerprint density at radius 3 is 2.64 bits per heavy atom.